The number of hydrogen-bond donors (Lipinski definition) is 2. The Hall–Kier alpha value is -0.640. The standard InChI is InChI=1S/C9H17FN2O/c1-2-5-12-8(13)9(10)4-3-6-11-7-9/h11H,2-7H2,1H3,(H,12,13)/t9-/m0/s1. The van der Waals surface area contributed by atoms with Crippen molar-refractivity contribution in [2.24, 2.45) is 0 Å². The van der Waals surface area contributed by atoms with E-state index in [9.17, 15) is 9.18 Å². The van der Waals surface area contributed by atoms with E-state index in [4.69, 9.17) is 0 Å². The van der Waals surface area contributed by atoms with E-state index in [0.717, 1.165) is 19.4 Å². The first-order valence-corrected chi connectivity index (χ1v) is 4.87. The summed E-state index contributed by atoms with van der Waals surface area (Å²) in [6.45, 7) is 3.48. The molecule has 4 heteroatoms. The van der Waals surface area contributed by atoms with E-state index in [2.05, 4.69) is 10.6 Å². The topological polar surface area (TPSA) is 41.1 Å². The molecule has 0 saturated carbocycles. The lowest BCUT2D eigenvalue weighted by Crippen LogP contribution is -2.53. The van der Waals surface area contributed by atoms with E-state index in [0.29, 0.717) is 13.0 Å². The first-order valence-electron chi connectivity index (χ1n) is 4.87. The monoisotopic (exact) mass is 188 g/mol. The van der Waals surface area contributed by atoms with Crippen molar-refractivity contribution in [3.8, 4) is 0 Å². The number of alkyl halides is 1. The van der Waals surface area contributed by atoms with Crippen molar-refractivity contribution in [2.75, 3.05) is 19.6 Å². The first kappa shape index (κ1) is 10.4. The lowest BCUT2D eigenvalue weighted by molar-refractivity contribution is -0.133. The maximum atomic E-state index is 13.8. The van der Waals surface area contributed by atoms with Gasteiger partial charge in [0.05, 0.1) is 0 Å². The van der Waals surface area contributed by atoms with Gasteiger partial charge in [0.2, 0.25) is 5.67 Å². The van der Waals surface area contributed by atoms with Crippen LogP contribution in [0.2, 0.25) is 0 Å². The zero-order valence-corrected chi connectivity index (χ0v) is 8.03. The lowest BCUT2D eigenvalue weighted by atomic mass is 9.95. The number of piperidine rings is 1. The predicted octanol–water partition coefficient (Wildman–Crippen LogP) is 0.604. The molecule has 1 atom stereocenters. The third-order valence-corrected chi connectivity index (χ3v) is 2.27. The Balaban J connectivity index is 2.42. The molecule has 1 fully saturated rings. The van der Waals surface area contributed by atoms with Gasteiger partial charge in [-0.05, 0) is 25.8 Å². The van der Waals surface area contributed by atoms with Crippen LogP contribution in [0.1, 0.15) is 26.2 Å². The highest BCUT2D eigenvalue weighted by Crippen LogP contribution is 2.20. The fourth-order valence-electron chi connectivity index (χ4n) is 1.46. The smallest absolute Gasteiger partial charge is 0.259 e. The summed E-state index contributed by atoms with van der Waals surface area (Å²) in [7, 11) is 0. The van der Waals surface area contributed by atoms with Gasteiger partial charge in [0, 0.05) is 13.1 Å². The van der Waals surface area contributed by atoms with E-state index in [-0.39, 0.29) is 6.54 Å². The van der Waals surface area contributed by atoms with Gasteiger partial charge in [-0.15, -0.1) is 0 Å². The Morgan fingerprint density at radius 2 is 2.46 bits per heavy atom. The third-order valence-electron chi connectivity index (χ3n) is 2.27. The van der Waals surface area contributed by atoms with Crippen LogP contribution in [0.25, 0.3) is 0 Å². The van der Waals surface area contributed by atoms with Crippen molar-refractivity contribution in [2.45, 2.75) is 31.9 Å². The molecule has 1 heterocycles. The minimum atomic E-state index is -1.67. The van der Waals surface area contributed by atoms with E-state index in [1.165, 1.54) is 0 Å². The van der Waals surface area contributed by atoms with Gasteiger partial charge in [-0.2, -0.15) is 0 Å². The van der Waals surface area contributed by atoms with Crippen LogP contribution < -0.4 is 10.6 Å². The van der Waals surface area contributed by atoms with Gasteiger partial charge in [-0.1, -0.05) is 6.92 Å². The number of carbonyl (C=O) groups is 1. The minimum Gasteiger partial charge on any atom is -0.353 e. The normalized spacial score (nSPS) is 28.5. The van der Waals surface area contributed by atoms with Crippen molar-refractivity contribution in [3.05, 3.63) is 0 Å². The van der Waals surface area contributed by atoms with E-state index >= 15 is 0 Å². The molecule has 0 spiro atoms. The second kappa shape index (κ2) is 4.56. The summed E-state index contributed by atoms with van der Waals surface area (Å²) in [5, 5.41) is 5.49. The average Bonchev–Trinajstić information content (AvgIpc) is 2.15. The van der Waals surface area contributed by atoms with Crippen LogP contribution in [0, 0.1) is 0 Å². The van der Waals surface area contributed by atoms with Crippen molar-refractivity contribution >= 4 is 5.91 Å². The van der Waals surface area contributed by atoms with Gasteiger partial charge >= 0.3 is 0 Å². The Labute approximate surface area is 78.1 Å². The second-order valence-corrected chi connectivity index (χ2v) is 3.50. The molecule has 76 valence electrons. The molecule has 1 aliphatic rings. The average molecular weight is 188 g/mol. The van der Waals surface area contributed by atoms with Crippen LogP contribution in [0.3, 0.4) is 0 Å². The highest BCUT2D eigenvalue weighted by Gasteiger charge is 2.39. The highest BCUT2D eigenvalue weighted by atomic mass is 19.1. The third kappa shape index (κ3) is 2.66. The predicted molar refractivity (Wildman–Crippen MR) is 49.2 cm³/mol. The first-order chi connectivity index (χ1) is 6.19. The molecule has 0 bridgehead atoms. The van der Waals surface area contributed by atoms with Crippen molar-refractivity contribution < 1.29 is 9.18 Å². The molecule has 0 radical (unpaired) electrons. The Bertz CT molecular complexity index is 178. The molecule has 13 heavy (non-hydrogen) atoms. The summed E-state index contributed by atoms with van der Waals surface area (Å²) < 4.78 is 13.8. The molecular weight excluding hydrogens is 171 g/mol. The number of nitrogens with one attached hydrogen (secondary N) is 2. The fraction of sp³-hybridized carbons (Fsp3) is 0.889. The SMILES string of the molecule is CCCNC(=O)[C@]1(F)CCCNC1. The molecule has 0 unspecified atom stereocenters. The van der Waals surface area contributed by atoms with Crippen LogP contribution in [-0.4, -0.2) is 31.2 Å². The summed E-state index contributed by atoms with van der Waals surface area (Å²) in [6.07, 6.45) is 1.92. The number of halogens is 1. The molecular formula is C9H17FN2O. The van der Waals surface area contributed by atoms with Gasteiger partial charge in [-0.3, -0.25) is 4.79 Å². The molecule has 0 aliphatic carbocycles. The van der Waals surface area contributed by atoms with Gasteiger partial charge in [0.1, 0.15) is 0 Å². The van der Waals surface area contributed by atoms with E-state index in [1.807, 2.05) is 6.92 Å². The number of hydrogen-bond acceptors (Lipinski definition) is 2. The Morgan fingerprint density at radius 1 is 1.69 bits per heavy atom. The maximum absolute atomic E-state index is 13.8. The molecule has 0 aromatic carbocycles. The fourth-order valence-corrected chi connectivity index (χ4v) is 1.46. The summed E-state index contributed by atoms with van der Waals surface area (Å²) in [4.78, 5) is 11.4. The van der Waals surface area contributed by atoms with Crippen molar-refractivity contribution in [1.29, 1.82) is 0 Å². The second-order valence-electron chi connectivity index (χ2n) is 3.50. The molecule has 3 nitrogen and oxygen atoms in total. The van der Waals surface area contributed by atoms with Gasteiger partial charge < -0.3 is 10.6 Å². The molecule has 1 amide bonds. The number of carbonyl (C=O) groups excluding carboxylic acids is 1. The van der Waals surface area contributed by atoms with Crippen molar-refractivity contribution in [1.82, 2.24) is 10.6 Å². The van der Waals surface area contributed by atoms with Gasteiger partial charge in [-0.25, -0.2) is 4.39 Å². The minimum absolute atomic E-state index is 0.155. The maximum Gasteiger partial charge on any atom is 0.259 e. The molecule has 1 aliphatic heterocycles. The molecule has 0 aromatic rings. The van der Waals surface area contributed by atoms with Crippen LogP contribution in [0.5, 0.6) is 0 Å². The summed E-state index contributed by atoms with van der Waals surface area (Å²) in [5.74, 6) is -0.457. The Kier molecular flexibility index (Phi) is 3.66. The zero-order valence-electron chi connectivity index (χ0n) is 8.03. The summed E-state index contributed by atoms with van der Waals surface area (Å²) in [6, 6.07) is 0. The largest absolute Gasteiger partial charge is 0.353 e. The van der Waals surface area contributed by atoms with Crippen LogP contribution in [0.4, 0.5) is 4.39 Å². The lowest BCUT2D eigenvalue weighted by Gasteiger charge is -2.28. The van der Waals surface area contributed by atoms with Crippen molar-refractivity contribution in [3.63, 3.8) is 0 Å². The van der Waals surface area contributed by atoms with E-state index < -0.39 is 11.6 Å². The quantitative estimate of drug-likeness (QED) is 0.681. The van der Waals surface area contributed by atoms with Gasteiger partial charge in [0.15, 0.2) is 0 Å². The molecule has 1 rings (SSSR count). The molecule has 1 saturated heterocycles. The Morgan fingerprint density at radius 3 is 3.00 bits per heavy atom. The zero-order chi connectivity index (χ0) is 9.73. The van der Waals surface area contributed by atoms with Gasteiger partial charge in [0.25, 0.3) is 5.91 Å². The van der Waals surface area contributed by atoms with Crippen LogP contribution in [-0.2, 0) is 4.79 Å². The van der Waals surface area contributed by atoms with Crippen LogP contribution >= 0.6 is 0 Å². The van der Waals surface area contributed by atoms with E-state index in [1.54, 1.807) is 0 Å². The number of amides is 1. The molecule has 0 aromatic heterocycles. The summed E-state index contributed by atoms with van der Waals surface area (Å²) >= 11 is 0. The van der Waals surface area contributed by atoms with Crippen LogP contribution in [0.15, 0.2) is 0 Å². The highest BCUT2D eigenvalue weighted by molar-refractivity contribution is 5.85. The summed E-state index contributed by atoms with van der Waals surface area (Å²) in [5.41, 5.74) is -1.67. The molecule has 2 N–H and O–H groups in total. The number of rotatable bonds is 3.